The number of phenolic OH excluding ortho intramolecular Hbond substituents is 1. The smallest absolute Gasteiger partial charge is 0.408 e. The maximum Gasteiger partial charge on any atom is 0.408 e. The van der Waals surface area contributed by atoms with E-state index >= 15 is 0 Å². The van der Waals surface area contributed by atoms with E-state index in [1.54, 1.807) is 65.8 Å². The zero-order valence-corrected chi connectivity index (χ0v) is 22.6. The van der Waals surface area contributed by atoms with Crippen LogP contribution in [-0.2, 0) is 35.0 Å². The van der Waals surface area contributed by atoms with Crippen molar-refractivity contribution in [1.29, 1.82) is 0 Å². The van der Waals surface area contributed by atoms with Gasteiger partial charge in [-0.3, -0.25) is 4.79 Å². The molecule has 1 fully saturated rings. The fourth-order valence-corrected chi connectivity index (χ4v) is 4.43. The van der Waals surface area contributed by atoms with Crippen LogP contribution in [0.15, 0.2) is 36.4 Å². The van der Waals surface area contributed by atoms with Crippen molar-refractivity contribution in [2.24, 2.45) is 5.92 Å². The highest BCUT2D eigenvalue weighted by Crippen LogP contribution is 2.37. The van der Waals surface area contributed by atoms with E-state index < -0.39 is 65.7 Å². The average Bonchev–Trinajstić information content (AvgIpc) is 3.13. The molecule has 0 aromatic heterocycles. The van der Waals surface area contributed by atoms with E-state index in [1.807, 2.05) is 0 Å². The lowest BCUT2D eigenvalue weighted by Gasteiger charge is -2.35. The quantitative estimate of drug-likeness (QED) is 0.290. The van der Waals surface area contributed by atoms with Crippen molar-refractivity contribution in [3.8, 4) is 5.75 Å². The number of ether oxygens (including phenoxy) is 4. The highest BCUT2D eigenvalue weighted by molar-refractivity contribution is 5.90. The number of benzene rings is 1. The molecule has 210 valence electrons. The minimum absolute atomic E-state index is 0.0415. The largest absolute Gasteiger partial charge is 0.508 e. The SMILES string of the molecule is CCOC(=O)[C@H](NC(=O)[C@H](Cc1ccc(O)cc1)NC(=O)OC(C)(C)C)[C@H]1C=C[C@H]2OC(C)(C)O[C@H]2[C@@H]1O. The maximum absolute atomic E-state index is 13.5. The predicted molar refractivity (Wildman–Crippen MR) is 136 cm³/mol. The molecule has 0 unspecified atom stereocenters. The summed E-state index contributed by atoms with van der Waals surface area (Å²) >= 11 is 0. The number of hydrogen-bond donors (Lipinski definition) is 4. The van der Waals surface area contributed by atoms with Crippen LogP contribution in [0.3, 0.4) is 0 Å². The Labute approximate surface area is 222 Å². The van der Waals surface area contributed by atoms with Crippen LogP contribution in [0, 0.1) is 5.92 Å². The predicted octanol–water partition coefficient (Wildman–Crippen LogP) is 1.94. The van der Waals surface area contributed by atoms with Crippen LogP contribution in [0.2, 0.25) is 0 Å². The Kier molecular flexibility index (Phi) is 9.06. The molecule has 2 amide bonds. The Morgan fingerprint density at radius 3 is 2.34 bits per heavy atom. The van der Waals surface area contributed by atoms with E-state index in [4.69, 9.17) is 18.9 Å². The fourth-order valence-electron chi connectivity index (χ4n) is 4.43. The fraction of sp³-hybridized carbons (Fsp3) is 0.593. The van der Waals surface area contributed by atoms with Crippen molar-refractivity contribution >= 4 is 18.0 Å². The van der Waals surface area contributed by atoms with Gasteiger partial charge in [0, 0.05) is 12.3 Å². The molecule has 3 rings (SSSR count). The average molecular weight is 535 g/mol. The molecule has 1 saturated heterocycles. The number of carbonyl (C=O) groups is 3. The number of alkyl carbamates (subject to hydrolysis) is 1. The Morgan fingerprint density at radius 1 is 1.08 bits per heavy atom. The van der Waals surface area contributed by atoms with Crippen LogP contribution in [0.1, 0.15) is 47.1 Å². The Hall–Kier alpha value is -3.15. The van der Waals surface area contributed by atoms with E-state index in [0.29, 0.717) is 5.56 Å². The summed E-state index contributed by atoms with van der Waals surface area (Å²) in [6.45, 7) is 10.2. The van der Waals surface area contributed by atoms with Crippen molar-refractivity contribution in [1.82, 2.24) is 10.6 Å². The van der Waals surface area contributed by atoms with Crippen LogP contribution < -0.4 is 10.6 Å². The van der Waals surface area contributed by atoms with Crippen LogP contribution in [0.25, 0.3) is 0 Å². The summed E-state index contributed by atoms with van der Waals surface area (Å²) in [6, 6.07) is 3.73. The number of nitrogens with one attached hydrogen (secondary N) is 2. The molecule has 1 aromatic carbocycles. The van der Waals surface area contributed by atoms with E-state index in [9.17, 15) is 24.6 Å². The van der Waals surface area contributed by atoms with Gasteiger partial charge in [-0.1, -0.05) is 24.3 Å². The van der Waals surface area contributed by atoms with Gasteiger partial charge < -0.3 is 39.8 Å². The number of fused-ring (bicyclic) bond motifs is 1. The number of aromatic hydroxyl groups is 1. The van der Waals surface area contributed by atoms with Crippen molar-refractivity contribution in [2.45, 2.75) is 89.7 Å². The first-order valence-electron chi connectivity index (χ1n) is 12.7. The van der Waals surface area contributed by atoms with Crippen molar-refractivity contribution < 1.29 is 43.5 Å². The summed E-state index contributed by atoms with van der Waals surface area (Å²) in [5.74, 6) is -3.19. The highest BCUT2D eigenvalue weighted by atomic mass is 16.8. The monoisotopic (exact) mass is 534 g/mol. The molecule has 1 heterocycles. The first kappa shape index (κ1) is 29.4. The summed E-state index contributed by atoms with van der Waals surface area (Å²) in [4.78, 5) is 39.0. The van der Waals surface area contributed by atoms with Crippen molar-refractivity contribution in [2.75, 3.05) is 6.61 Å². The van der Waals surface area contributed by atoms with E-state index in [-0.39, 0.29) is 18.8 Å². The van der Waals surface area contributed by atoms with Gasteiger partial charge in [0.05, 0.1) is 12.7 Å². The molecule has 1 aliphatic heterocycles. The second-order valence-electron chi connectivity index (χ2n) is 10.8. The molecule has 4 N–H and O–H groups in total. The van der Waals surface area contributed by atoms with Crippen molar-refractivity contribution in [3.05, 3.63) is 42.0 Å². The minimum atomic E-state index is -1.27. The second-order valence-corrected chi connectivity index (χ2v) is 10.8. The van der Waals surface area contributed by atoms with Gasteiger partial charge in [0.25, 0.3) is 0 Å². The molecule has 2 aliphatic rings. The molecule has 1 aromatic rings. The lowest BCUT2D eigenvalue weighted by Crippen LogP contribution is -2.58. The Bertz CT molecular complexity index is 1030. The van der Waals surface area contributed by atoms with Gasteiger partial charge in [-0.15, -0.1) is 0 Å². The lowest BCUT2D eigenvalue weighted by molar-refractivity contribution is -0.160. The number of amides is 2. The first-order valence-corrected chi connectivity index (χ1v) is 12.7. The number of aliphatic hydroxyl groups is 1. The summed E-state index contributed by atoms with van der Waals surface area (Å²) < 4.78 is 22.2. The molecule has 6 atom stereocenters. The zero-order valence-electron chi connectivity index (χ0n) is 22.6. The van der Waals surface area contributed by atoms with Gasteiger partial charge in [0.2, 0.25) is 5.91 Å². The molecule has 38 heavy (non-hydrogen) atoms. The van der Waals surface area contributed by atoms with E-state index in [2.05, 4.69) is 10.6 Å². The molecule has 0 saturated carbocycles. The molecular formula is C27H38N2O9. The van der Waals surface area contributed by atoms with Gasteiger partial charge in [-0.2, -0.15) is 0 Å². The van der Waals surface area contributed by atoms with E-state index in [0.717, 1.165) is 0 Å². The summed E-state index contributed by atoms with van der Waals surface area (Å²) in [5, 5.41) is 25.9. The molecule has 11 heteroatoms. The third-order valence-electron chi connectivity index (χ3n) is 6.02. The number of carbonyl (C=O) groups excluding carboxylic acids is 3. The Balaban J connectivity index is 1.84. The minimum Gasteiger partial charge on any atom is -0.508 e. The molecule has 1 aliphatic carbocycles. The summed E-state index contributed by atoms with van der Waals surface area (Å²) in [5.41, 5.74) is -0.159. The van der Waals surface area contributed by atoms with Gasteiger partial charge in [-0.25, -0.2) is 9.59 Å². The van der Waals surface area contributed by atoms with Gasteiger partial charge >= 0.3 is 12.1 Å². The first-order chi connectivity index (χ1) is 17.7. The summed E-state index contributed by atoms with van der Waals surface area (Å²) in [6.07, 6.45) is 0.0860. The molecule has 0 spiro atoms. The van der Waals surface area contributed by atoms with Crippen LogP contribution in [-0.4, -0.2) is 76.6 Å². The molecule has 0 bridgehead atoms. The van der Waals surface area contributed by atoms with Gasteiger partial charge in [-0.05, 0) is 59.2 Å². The molecular weight excluding hydrogens is 496 g/mol. The lowest BCUT2D eigenvalue weighted by atomic mass is 9.83. The third-order valence-corrected chi connectivity index (χ3v) is 6.02. The number of phenols is 1. The van der Waals surface area contributed by atoms with Crippen LogP contribution >= 0.6 is 0 Å². The Morgan fingerprint density at radius 2 is 1.74 bits per heavy atom. The third kappa shape index (κ3) is 7.68. The number of aliphatic hydroxyl groups excluding tert-OH is 1. The normalized spacial score (nSPS) is 25.6. The van der Waals surface area contributed by atoms with Crippen LogP contribution in [0.5, 0.6) is 5.75 Å². The van der Waals surface area contributed by atoms with E-state index in [1.165, 1.54) is 12.1 Å². The van der Waals surface area contributed by atoms with Gasteiger partial charge in [0.1, 0.15) is 35.6 Å². The standard InChI is InChI=1S/C27H38N2O9/c1-7-35-24(33)20(17-12-13-19-22(21(17)31)37-27(5,6)36-19)29-23(32)18(28-25(34)38-26(2,3)4)14-15-8-10-16(30)11-9-15/h8-13,17-22,30-31H,7,14H2,1-6H3,(H,28,34)(H,29,32)/t17-,18+,19-,20-,21-,22-/m1/s1. The zero-order chi connectivity index (χ0) is 28.3. The maximum atomic E-state index is 13.5. The molecule has 11 nitrogen and oxygen atoms in total. The van der Waals surface area contributed by atoms with Crippen molar-refractivity contribution in [3.63, 3.8) is 0 Å². The van der Waals surface area contributed by atoms with Gasteiger partial charge in [0.15, 0.2) is 5.79 Å². The summed E-state index contributed by atoms with van der Waals surface area (Å²) in [7, 11) is 0. The number of esters is 1. The highest BCUT2D eigenvalue weighted by Gasteiger charge is 2.50. The number of hydrogen-bond acceptors (Lipinski definition) is 9. The van der Waals surface area contributed by atoms with Crippen LogP contribution in [0.4, 0.5) is 4.79 Å². The molecule has 0 radical (unpaired) electrons. The number of rotatable bonds is 8. The topological polar surface area (TPSA) is 153 Å². The second kappa shape index (κ2) is 11.7.